The molecule has 0 saturated carbocycles. The van der Waals surface area contributed by atoms with E-state index in [4.69, 9.17) is 0 Å². The Morgan fingerprint density at radius 2 is 2.18 bits per heavy atom. The Morgan fingerprint density at radius 1 is 1.53 bits per heavy atom. The summed E-state index contributed by atoms with van der Waals surface area (Å²) in [4.78, 5) is 11.7. The molecule has 0 fully saturated rings. The Kier molecular flexibility index (Phi) is 4.73. The molecule has 1 heteroatoms. The Morgan fingerprint density at radius 3 is 2.65 bits per heavy atom. The standard InChI is InChI=1S/C16H26O/c1-12(2)7-6-8-15-9-10-16(5,14(4)17)13(3)11-15/h9,13H,1,6-8,10-11H2,2-5H3/t13-,16-/m0/s1. The predicted octanol–water partition coefficient (Wildman–Crippen LogP) is 4.68. The summed E-state index contributed by atoms with van der Waals surface area (Å²) in [6.45, 7) is 12.1. The van der Waals surface area contributed by atoms with Gasteiger partial charge in [-0.05, 0) is 51.9 Å². The molecule has 1 aliphatic rings. The van der Waals surface area contributed by atoms with Crippen LogP contribution in [0.5, 0.6) is 0 Å². The lowest BCUT2D eigenvalue weighted by molar-refractivity contribution is -0.128. The lowest BCUT2D eigenvalue weighted by Gasteiger charge is -2.37. The van der Waals surface area contributed by atoms with Crippen LogP contribution < -0.4 is 0 Å². The molecule has 0 aromatic rings. The van der Waals surface area contributed by atoms with Crippen molar-refractivity contribution in [2.75, 3.05) is 0 Å². The van der Waals surface area contributed by atoms with Gasteiger partial charge in [-0.25, -0.2) is 0 Å². The highest BCUT2D eigenvalue weighted by Crippen LogP contribution is 2.41. The first-order chi connectivity index (χ1) is 7.86. The summed E-state index contributed by atoms with van der Waals surface area (Å²) in [5, 5.41) is 0. The van der Waals surface area contributed by atoms with E-state index in [1.54, 1.807) is 6.92 Å². The van der Waals surface area contributed by atoms with E-state index < -0.39 is 0 Å². The van der Waals surface area contributed by atoms with E-state index in [0.29, 0.717) is 11.7 Å². The molecule has 0 aromatic carbocycles. The Hall–Kier alpha value is -0.850. The molecule has 0 bridgehead atoms. The van der Waals surface area contributed by atoms with Gasteiger partial charge in [-0.1, -0.05) is 31.1 Å². The van der Waals surface area contributed by atoms with Crippen LogP contribution in [0.1, 0.15) is 59.8 Å². The highest BCUT2D eigenvalue weighted by atomic mass is 16.1. The molecule has 0 heterocycles. The van der Waals surface area contributed by atoms with Crippen LogP contribution in [0.15, 0.2) is 23.8 Å². The number of rotatable bonds is 5. The zero-order valence-electron chi connectivity index (χ0n) is 11.8. The maximum atomic E-state index is 11.7. The molecule has 1 nitrogen and oxygen atoms in total. The molecular formula is C16H26O. The van der Waals surface area contributed by atoms with Crippen LogP contribution in [0.4, 0.5) is 0 Å². The summed E-state index contributed by atoms with van der Waals surface area (Å²) < 4.78 is 0. The topological polar surface area (TPSA) is 17.1 Å². The quantitative estimate of drug-likeness (QED) is 0.631. The number of hydrogen-bond donors (Lipinski definition) is 0. The average Bonchev–Trinajstić information content (AvgIpc) is 2.22. The first-order valence-corrected chi connectivity index (χ1v) is 6.69. The van der Waals surface area contributed by atoms with E-state index in [1.165, 1.54) is 24.0 Å². The van der Waals surface area contributed by atoms with E-state index in [9.17, 15) is 4.79 Å². The molecule has 1 rings (SSSR count). The van der Waals surface area contributed by atoms with Crippen molar-refractivity contribution in [3.05, 3.63) is 23.8 Å². The third-order valence-corrected chi connectivity index (χ3v) is 4.38. The number of carbonyl (C=O) groups is 1. The van der Waals surface area contributed by atoms with E-state index in [2.05, 4.69) is 33.4 Å². The van der Waals surface area contributed by atoms with Crippen molar-refractivity contribution in [3.8, 4) is 0 Å². The first-order valence-electron chi connectivity index (χ1n) is 6.69. The van der Waals surface area contributed by atoms with Crippen LogP contribution in [-0.4, -0.2) is 5.78 Å². The highest BCUT2D eigenvalue weighted by molar-refractivity contribution is 5.82. The number of allylic oxidation sites excluding steroid dienone is 3. The fraction of sp³-hybridized carbons (Fsp3) is 0.688. The minimum atomic E-state index is -0.127. The van der Waals surface area contributed by atoms with Gasteiger partial charge in [-0.2, -0.15) is 0 Å². The molecule has 0 radical (unpaired) electrons. The Balaban J connectivity index is 2.55. The van der Waals surface area contributed by atoms with Gasteiger partial charge in [0.2, 0.25) is 0 Å². The number of hydrogen-bond acceptors (Lipinski definition) is 1. The van der Waals surface area contributed by atoms with E-state index in [1.807, 2.05) is 0 Å². The summed E-state index contributed by atoms with van der Waals surface area (Å²) in [6, 6.07) is 0. The van der Waals surface area contributed by atoms with Gasteiger partial charge in [0.25, 0.3) is 0 Å². The Bertz CT molecular complexity index is 337. The molecule has 0 spiro atoms. The van der Waals surface area contributed by atoms with Gasteiger partial charge in [0.15, 0.2) is 0 Å². The Labute approximate surface area is 106 Å². The largest absolute Gasteiger partial charge is 0.299 e. The highest BCUT2D eigenvalue weighted by Gasteiger charge is 2.37. The normalized spacial score (nSPS) is 28.7. The molecule has 0 unspecified atom stereocenters. The minimum Gasteiger partial charge on any atom is -0.299 e. The van der Waals surface area contributed by atoms with Gasteiger partial charge in [0.1, 0.15) is 5.78 Å². The van der Waals surface area contributed by atoms with E-state index in [0.717, 1.165) is 19.3 Å². The molecule has 0 N–H and O–H groups in total. The van der Waals surface area contributed by atoms with Gasteiger partial charge in [0.05, 0.1) is 0 Å². The number of carbonyl (C=O) groups excluding carboxylic acids is 1. The van der Waals surface area contributed by atoms with Gasteiger partial charge < -0.3 is 0 Å². The number of ketones is 1. The van der Waals surface area contributed by atoms with Crippen molar-refractivity contribution in [2.45, 2.75) is 59.8 Å². The van der Waals surface area contributed by atoms with Crippen LogP contribution >= 0.6 is 0 Å². The van der Waals surface area contributed by atoms with Crippen LogP contribution in [0.25, 0.3) is 0 Å². The second-order valence-electron chi connectivity index (χ2n) is 5.96. The van der Waals surface area contributed by atoms with Gasteiger partial charge in [-0.15, -0.1) is 6.58 Å². The molecule has 1 aliphatic carbocycles. The maximum Gasteiger partial charge on any atom is 0.136 e. The van der Waals surface area contributed by atoms with Gasteiger partial charge in [-0.3, -0.25) is 4.79 Å². The van der Waals surface area contributed by atoms with Crippen molar-refractivity contribution < 1.29 is 4.79 Å². The monoisotopic (exact) mass is 234 g/mol. The first kappa shape index (κ1) is 14.2. The molecule has 17 heavy (non-hydrogen) atoms. The van der Waals surface area contributed by atoms with Crippen LogP contribution in [-0.2, 0) is 4.79 Å². The summed E-state index contributed by atoms with van der Waals surface area (Å²) in [7, 11) is 0. The molecule has 2 atom stereocenters. The smallest absolute Gasteiger partial charge is 0.136 e. The fourth-order valence-corrected chi connectivity index (χ4v) is 2.57. The lowest BCUT2D eigenvalue weighted by atomic mass is 9.66. The molecule has 0 amide bonds. The average molecular weight is 234 g/mol. The molecule has 0 saturated heterocycles. The zero-order chi connectivity index (χ0) is 13.1. The number of Topliss-reactive ketones (excluding diaryl/α,β-unsaturated/α-hetero) is 1. The second kappa shape index (κ2) is 5.66. The SMILES string of the molecule is C=C(C)CCCC1=CC[C@](C)(C(C)=O)[C@@H](C)C1. The summed E-state index contributed by atoms with van der Waals surface area (Å²) in [6.07, 6.45) is 7.81. The molecule has 0 aliphatic heterocycles. The third kappa shape index (κ3) is 3.55. The van der Waals surface area contributed by atoms with Crippen LogP contribution in [0.2, 0.25) is 0 Å². The molecule has 96 valence electrons. The summed E-state index contributed by atoms with van der Waals surface area (Å²) in [5.74, 6) is 0.812. The van der Waals surface area contributed by atoms with Crippen LogP contribution in [0, 0.1) is 11.3 Å². The maximum absolute atomic E-state index is 11.7. The van der Waals surface area contributed by atoms with Crippen molar-refractivity contribution in [3.63, 3.8) is 0 Å². The summed E-state index contributed by atoms with van der Waals surface area (Å²) in [5.41, 5.74) is 2.68. The lowest BCUT2D eigenvalue weighted by Crippen LogP contribution is -2.35. The van der Waals surface area contributed by atoms with Crippen LogP contribution in [0.3, 0.4) is 0 Å². The minimum absolute atomic E-state index is 0.127. The molecular weight excluding hydrogens is 208 g/mol. The van der Waals surface area contributed by atoms with E-state index >= 15 is 0 Å². The van der Waals surface area contributed by atoms with Crippen molar-refractivity contribution in [2.24, 2.45) is 11.3 Å². The fourth-order valence-electron chi connectivity index (χ4n) is 2.57. The molecule has 0 aromatic heterocycles. The van der Waals surface area contributed by atoms with Crippen molar-refractivity contribution in [1.29, 1.82) is 0 Å². The predicted molar refractivity (Wildman–Crippen MR) is 73.9 cm³/mol. The zero-order valence-corrected chi connectivity index (χ0v) is 11.8. The van der Waals surface area contributed by atoms with Gasteiger partial charge in [0, 0.05) is 5.41 Å². The second-order valence-corrected chi connectivity index (χ2v) is 5.96. The van der Waals surface area contributed by atoms with Crippen molar-refractivity contribution in [1.82, 2.24) is 0 Å². The van der Waals surface area contributed by atoms with E-state index in [-0.39, 0.29) is 5.41 Å². The summed E-state index contributed by atoms with van der Waals surface area (Å²) >= 11 is 0. The van der Waals surface area contributed by atoms with Crippen molar-refractivity contribution >= 4 is 5.78 Å². The van der Waals surface area contributed by atoms with Gasteiger partial charge >= 0.3 is 0 Å². The third-order valence-electron chi connectivity index (χ3n) is 4.38.